The number of sulfonamides is 1. The number of halogens is 3. The molecular formula is C11H12F3NO5S. The fraction of sp³-hybridized carbons (Fsp3) is 0.364. The zero-order chi connectivity index (χ0) is 16.4. The van der Waals surface area contributed by atoms with Crippen LogP contribution in [0.15, 0.2) is 23.1 Å². The first-order valence-corrected chi connectivity index (χ1v) is 6.97. The summed E-state index contributed by atoms with van der Waals surface area (Å²) >= 11 is 0. The third-order valence-electron chi connectivity index (χ3n) is 2.46. The highest BCUT2D eigenvalue weighted by molar-refractivity contribution is 7.89. The first-order chi connectivity index (χ1) is 9.47. The Morgan fingerprint density at radius 1 is 1.33 bits per heavy atom. The molecule has 1 aromatic rings. The molecule has 0 aliphatic heterocycles. The molecular weight excluding hydrogens is 315 g/mol. The van der Waals surface area contributed by atoms with Crippen LogP contribution in [0.3, 0.4) is 0 Å². The predicted octanol–water partition coefficient (Wildman–Crippen LogP) is 1.47. The molecule has 1 atom stereocenters. The molecule has 0 aliphatic carbocycles. The van der Waals surface area contributed by atoms with Crippen LogP contribution in [0, 0.1) is 0 Å². The fourth-order valence-electron chi connectivity index (χ4n) is 1.36. The Morgan fingerprint density at radius 3 is 2.33 bits per heavy atom. The van der Waals surface area contributed by atoms with Crippen LogP contribution in [-0.2, 0) is 21.0 Å². The van der Waals surface area contributed by atoms with Crippen LogP contribution in [0.4, 0.5) is 13.2 Å². The van der Waals surface area contributed by atoms with Crippen molar-refractivity contribution < 1.29 is 36.2 Å². The van der Waals surface area contributed by atoms with E-state index in [4.69, 9.17) is 5.11 Å². The summed E-state index contributed by atoms with van der Waals surface area (Å²) in [5.41, 5.74) is -1.22. The van der Waals surface area contributed by atoms with Crippen LogP contribution >= 0.6 is 0 Å². The molecule has 0 radical (unpaired) electrons. The van der Waals surface area contributed by atoms with E-state index in [0.29, 0.717) is 12.1 Å². The number of nitrogens with one attached hydrogen (secondary N) is 1. The van der Waals surface area contributed by atoms with E-state index < -0.39 is 38.7 Å². The molecule has 0 heterocycles. The maximum Gasteiger partial charge on any atom is 0.416 e. The van der Waals surface area contributed by atoms with Gasteiger partial charge < -0.3 is 9.84 Å². The van der Waals surface area contributed by atoms with E-state index in [1.807, 2.05) is 0 Å². The van der Waals surface area contributed by atoms with Gasteiger partial charge in [-0.05, 0) is 19.1 Å². The highest BCUT2D eigenvalue weighted by Gasteiger charge is 2.33. The second-order valence-electron chi connectivity index (χ2n) is 4.08. The van der Waals surface area contributed by atoms with Crippen LogP contribution in [-0.4, -0.2) is 32.6 Å². The number of hydrogen-bond donors (Lipinski definition) is 2. The average Bonchev–Trinajstić information content (AvgIpc) is 2.36. The summed E-state index contributed by atoms with van der Waals surface area (Å²) in [5, 5.41) is 8.65. The summed E-state index contributed by atoms with van der Waals surface area (Å²) < 4.78 is 68.3. The number of hydrogen-bond acceptors (Lipinski definition) is 4. The molecule has 1 aromatic carbocycles. The first kappa shape index (κ1) is 17.2. The summed E-state index contributed by atoms with van der Waals surface area (Å²) in [6.45, 7) is 1.05. The molecule has 0 saturated carbocycles. The number of methoxy groups -OCH3 is 1. The molecule has 118 valence electrons. The van der Waals surface area contributed by atoms with Gasteiger partial charge in [-0.3, -0.25) is 4.79 Å². The molecule has 0 saturated heterocycles. The van der Waals surface area contributed by atoms with E-state index in [1.165, 1.54) is 0 Å². The molecule has 21 heavy (non-hydrogen) atoms. The van der Waals surface area contributed by atoms with Gasteiger partial charge in [-0.25, -0.2) is 8.42 Å². The van der Waals surface area contributed by atoms with Crippen molar-refractivity contribution in [1.82, 2.24) is 4.72 Å². The second kappa shape index (κ2) is 5.90. The van der Waals surface area contributed by atoms with E-state index in [2.05, 4.69) is 4.74 Å². The quantitative estimate of drug-likeness (QED) is 0.854. The zero-order valence-electron chi connectivity index (χ0n) is 10.9. The minimum atomic E-state index is -4.77. The third-order valence-corrected chi connectivity index (χ3v) is 3.98. The van der Waals surface area contributed by atoms with E-state index >= 15 is 0 Å². The van der Waals surface area contributed by atoms with Crippen molar-refractivity contribution >= 4 is 16.0 Å². The number of carboxylic acid groups (broad SMARTS) is 1. The van der Waals surface area contributed by atoms with Gasteiger partial charge >= 0.3 is 12.1 Å². The van der Waals surface area contributed by atoms with Crippen molar-refractivity contribution in [2.75, 3.05) is 7.11 Å². The monoisotopic (exact) mass is 327 g/mol. The van der Waals surface area contributed by atoms with Gasteiger partial charge in [-0.1, -0.05) is 0 Å². The Hall–Kier alpha value is -1.81. The number of alkyl halides is 3. The lowest BCUT2D eigenvalue weighted by atomic mass is 10.2. The fourth-order valence-corrected chi connectivity index (χ4v) is 2.62. The van der Waals surface area contributed by atoms with Crippen molar-refractivity contribution in [2.24, 2.45) is 0 Å². The largest absolute Gasteiger partial charge is 0.497 e. The van der Waals surface area contributed by atoms with E-state index in [-0.39, 0.29) is 5.75 Å². The van der Waals surface area contributed by atoms with Crippen LogP contribution < -0.4 is 9.46 Å². The second-order valence-corrected chi connectivity index (χ2v) is 5.79. The standard InChI is InChI=1S/C11H12F3NO5S/c1-6(10(16)17)15-21(18,19)9-4-7(11(12,13)14)3-8(5-9)20-2/h3-6,15H,1-2H3,(H,16,17)/t6-/m0/s1. The van der Waals surface area contributed by atoms with Gasteiger partial charge in [0.2, 0.25) is 10.0 Å². The lowest BCUT2D eigenvalue weighted by Crippen LogP contribution is -2.38. The van der Waals surface area contributed by atoms with Gasteiger partial charge in [0.05, 0.1) is 17.6 Å². The van der Waals surface area contributed by atoms with E-state index in [9.17, 15) is 26.4 Å². The minimum absolute atomic E-state index is 0.312. The molecule has 2 N–H and O–H groups in total. The molecule has 0 aliphatic rings. The highest BCUT2D eigenvalue weighted by atomic mass is 32.2. The third kappa shape index (κ3) is 4.33. The zero-order valence-corrected chi connectivity index (χ0v) is 11.7. The number of aliphatic carboxylic acids is 1. The van der Waals surface area contributed by atoms with Crippen LogP contribution in [0.1, 0.15) is 12.5 Å². The van der Waals surface area contributed by atoms with Gasteiger partial charge in [0.1, 0.15) is 11.8 Å². The number of carbonyl (C=O) groups is 1. The summed E-state index contributed by atoms with van der Waals surface area (Å²) in [5.74, 6) is -1.77. The van der Waals surface area contributed by atoms with Crippen molar-refractivity contribution in [3.8, 4) is 5.75 Å². The van der Waals surface area contributed by atoms with Crippen LogP contribution in [0.25, 0.3) is 0 Å². The first-order valence-electron chi connectivity index (χ1n) is 5.49. The molecule has 0 fully saturated rings. The average molecular weight is 327 g/mol. The smallest absolute Gasteiger partial charge is 0.416 e. The lowest BCUT2D eigenvalue weighted by molar-refractivity contribution is -0.139. The molecule has 1 rings (SSSR count). The van der Waals surface area contributed by atoms with Crippen LogP contribution in [0.5, 0.6) is 5.75 Å². The van der Waals surface area contributed by atoms with Gasteiger partial charge in [-0.15, -0.1) is 0 Å². The number of carboxylic acids is 1. The van der Waals surface area contributed by atoms with Crippen molar-refractivity contribution in [3.05, 3.63) is 23.8 Å². The highest BCUT2D eigenvalue weighted by Crippen LogP contribution is 2.33. The van der Waals surface area contributed by atoms with Crippen molar-refractivity contribution in [2.45, 2.75) is 24.0 Å². The summed E-state index contributed by atoms with van der Waals surface area (Å²) in [7, 11) is -3.35. The Kier molecular flexibility index (Phi) is 4.84. The van der Waals surface area contributed by atoms with Crippen LogP contribution in [0.2, 0.25) is 0 Å². The molecule has 0 bridgehead atoms. The molecule has 0 amide bonds. The van der Waals surface area contributed by atoms with Gasteiger partial charge in [0, 0.05) is 6.07 Å². The number of rotatable bonds is 5. The number of ether oxygens (including phenoxy) is 1. The van der Waals surface area contributed by atoms with E-state index in [1.54, 1.807) is 4.72 Å². The molecule has 0 unspecified atom stereocenters. The van der Waals surface area contributed by atoms with Crippen molar-refractivity contribution in [1.29, 1.82) is 0 Å². The minimum Gasteiger partial charge on any atom is -0.497 e. The Bertz CT molecular complexity index is 642. The maximum atomic E-state index is 12.7. The van der Waals surface area contributed by atoms with Gasteiger partial charge in [0.25, 0.3) is 0 Å². The van der Waals surface area contributed by atoms with Gasteiger partial charge in [0.15, 0.2) is 0 Å². The SMILES string of the molecule is COc1cc(C(F)(F)F)cc(S(=O)(=O)N[C@@H](C)C(=O)O)c1. The molecule has 6 nitrogen and oxygen atoms in total. The predicted molar refractivity (Wildman–Crippen MR) is 65.4 cm³/mol. The molecule has 0 spiro atoms. The maximum absolute atomic E-state index is 12.7. The Labute approximate surface area is 118 Å². The normalized spacial score (nSPS) is 13.8. The molecule has 0 aromatic heterocycles. The van der Waals surface area contributed by atoms with Crippen molar-refractivity contribution in [3.63, 3.8) is 0 Å². The lowest BCUT2D eigenvalue weighted by Gasteiger charge is -2.14. The number of benzene rings is 1. The summed E-state index contributed by atoms with van der Waals surface area (Å²) in [4.78, 5) is 9.89. The Balaban J connectivity index is 3.32. The summed E-state index contributed by atoms with van der Waals surface area (Å²) in [6.07, 6.45) is -4.77. The van der Waals surface area contributed by atoms with E-state index in [0.717, 1.165) is 20.1 Å². The molecule has 10 heteroatoms. The van der Waals surface area contributed by atoms with Gasteiger partial charge in [-0.2, -0.15) is 17.9 Å². The topological polar surface area (TPSA) is 92.7 Å². The summed E-state index contributed by atoms with van der Waals surface area (Å²) in [6, 6.07) is 0.418. The Morgan fingerprint density at radius 2 is 1.90 bits per heavy atom.